The molecule has 0 aliphatic carbocycles. The van der Waals surface area contributed by atoms with E-state index < -0.39 is 25.8 Å². The summed E-state index contributed by atoms with van der Waals surface area (Å²) in [6.07, 6.45) is -0.327. The van der Waals surface area contributed by atoms with Crippen molar-refractivity contribution in [2.24, 2.45) is 5.73 Å². The number of carbonyl (C=O) groups is 2. The molecule has 1 atom stereocenters. The summed E-state index contributed by atoms with van der Waals surface area (Å²) in [5.74, 6) is -2.47. The molecule has 0 radical (unpaired) electrons. The Morgan fingerprint density at radius 1 is 1.31 bits per heavy atom. The molecular weight excluding hydrogens is 256 g/mol. The number of phosphoric acid groups is 1. The van der Waals surface area contributed by atoms with E-state index in [4.69, 9.17) is 30.1 Å². The Morgan fingerprint density at radius 3 is 1.81 bits per heavy atom. The number of nitrogens with two attached hydrogens (primary N) is 1. The van der Waals surface area contributed by atoms with Crippen LogP contribution in [0.15, 0.2) is 0 Å². The third-order valence-electron chi connectivity index (χ3n) is 0.972. The van der Waals surface area contributed by atoms with E-state index in [2.05, 4.69) is 0 Å². The molecule has 0 saturated heterocycles. The number of rotatable bonds is 4. The van der Waals surface area contributed by atoms with Gasteiger partial charge in [0.25, 0.3) is 0 Å². The molecule has 0 bridgehead atoms. The van der Waals surface area contributed by atoms with Gasteiger partial charge in [0.1, 0.15) is 0 Å². The monoisotopic (exact) mass is 267 g/mol. The number of carboxylic acid groups (broad SMARTS) is 2. The summed E-state index contributed by atoms with van der Waals surface area (Å²) in [5.41, 5.74) is 4.94. The topological polar surface area (TPSA) is 181 Å². The molecule has 0 saturated carbocycles. The molecule has 9 nitrogen and oxygen atoms in total. The maximum atomic E-state index is 9.88. The Kier molecular flexibility index (Phi) is 13.6. The molecule has 0 fully saturated rings. The summed E-state index contributed by atoms with van der Waals surface area (Å²) < 4.78 is 8.88. The summed E-state index contributed by atoms with van der Waals surface area (Å²) in [7, 11) is -4.64. The third-order valence-corrected chi connectivity index (χ3v) is 0.972. The average Bonchev–Trinajstić information content (AvgIpc) is 1.96. The van der Waals surface area contributed by atoms with Gasteiger partial charge in [-0.05, 0) is 6.42 Å². The Labute approximate surface area is 113 Å². The van der Waals surface area contributed by atoms with Crippen molar-refractivity contribution in [1.29, 1.82) is 0 Å². The Balaban J connectivity index is -0.000000242. The van der Waals surface area contributed by atoms with Crippen molar-refractivity contribution in [1.82, 2.24) is 0 Å². The summed E-state index contributed by atoms with van der Waals surface area (Å²) in [6, 6.07) is -1.17. The van der Waals surface area contributed by atoms with Gasteiger partial charge in [0.15, 0.2) is 0 Å². The Morgan fingerprint density at radius 2 is 1.62 bits per heavy atom. The third kappa shape index (κ3) is 29.2. The predicted molar refractivity (Wildman–Crippen MR) is 44.1 cm³/mol. The smallest absolute Gasteiger partial charge is 0.548 e. The predicted octanol–water partition coefficient (Wildman–Crippen LogP) is -6.00. The van der Waals surface area contributed by atoms with E-state index in [1.54, 1.807) is 0 Å². The standard InChI is InChI=1S/C5H9NO4.Na.H3O4P/c6-3(5(9)10)1-2-4(7)8;;1-5(2,3)4/h3H,1-2,6H2,(H,7,8)(H,9,10);;(H3,1,2,3,4)/q;+1;/p-1. The summed E-state index contributed by atoms with van der Waals surface area (Å²) in [5, 5.41) is 18.0. The van der Waals surface area contributed by atoms with Gasteiger partial charge >= 0.3 is 43.3 Å². The van der Waals surface area contributed by atoms with E-state index in [1.165, 1.54) is 0 Å². The fourth-order valence-corrected chi connectivity index (χ4v) is 0.397. The van der Waals surface area contributed by atoms with E-state index in [-0.39, 0.29) is 42.4 Å². The van der Waals surface area contributed by atoms with Crippen LogP contribution in [0.4, 0.5) is 0 Å². The molecule has 16 heavy (non-hydrogen) atoms. The minimum Gasteiger partial charge on any atom is -0.548 e. The molecule has 0 rings (SSSR count). The summed E-state index contributed by atoms with van der Waals surface area (Å²) in [4.78, 5) is 41.3. The van der Waals surface area contributed by atoms with E-state index in [1.807, 2.05) is 0 Å². The first-order chi connectivity index (χ1) is 6.54. The van der Waals surface area contributed by atoms with Crippen molar-refractivity contribution in [3.63, 3.8) is 0 Å². The molecule has 0 aromatic rings. The molecule has 0 aliphatic heterocycles. The zero-order valence-electron chi connectivity index (χ0n) is 8.44. The van der Waals surface area contributed by atoms with Crippen LogP contribution in [0.5, 0.6) is 0 Å². The van der Waals surface area contributed by atoms with Gasteiger partial charge in [-0.3, -0.25) is 4.79 Å². The van der Waals surface area contributed by atoms with Crippen molar-refractivity contribution in [3.05, 3.63) is 0 Å². The van der Waals surface area contributed by atoms with Crippen molar-refractivity contribution in [2.75, 3.05) is 0 Å². The normalized spacial score (nSPS) is 11.5. The van der Waals surface area contributed by atoms with Gasteiger partial charge in [-0.1, -0.05) is 0 Å². The zero-order valence-corrected chi connectivity index (χ0v) is 11.3. The summed E-state index contributed by atoms with van der Waals surface area (Å²) >= 11 is 0. The van der Waals surface area contributed by atoms with E-state index >= 15 is 0 Å². The molecule has 0 aromatic carbocycles. The van der Waals surface area contributed by atoms with E-state index in [0.717, 1.165) is 0 Å². The number of hydrogen-bond acceptors (Lipinski definition) is 5. The largest absolute Gasteiger partial charge is 1.00 e. The van der Waals surface area contributed by atoms with Crippen LogP contribution >= 0.6 is 7.82 Å². The molecular formula is C5H11NNaO8P. The average molecular weight is 267 g/mol. The van der Waals surface area contributed by atoms with Crippen LogP contribution in [0.3, 0.4) is 0 Å². The number of carboxylic acids is 2. The number of hydrogen-bond donors (Lipinski definition) is 5. The quantitative estimate of drug-likeness (QED) is 0.244. The second-order valence-corrected chi connectivity index (χ2v) is 3.40. The van der Waals surface area contributed by atoms with E-state index in [9.17, 15) is 14.7 Å². The summed E-state index contributed by atoms with van der Waals surface area (Å²) in [6.45, 7) is 0. The Bertz CT molecular complexity index is 257. The SMILES string of the molecule is NC(CCC(=O)O)C(=O)[O-].O=P(O)(O)O.[Na+]. The van der Waals surface area contributed by atoms with Crippen molar-refractivity contribution < 1.29 is 68.6 Å². The van der Waals surface area contributed by atoms with Crippen LogP contribution in [-0.4, -0.2) is 37.8 Å². The molecule has 90 valence electrons. The van der Waals surface area contributed by atoms with Gasteiger partial charge in [0.05, 0.1) is 5.97 Å². The number of carbonyl (C=O) groups excluding carboxylic acids is 1. The first-order valence-corrected chi connectivity index (χ1v) is 5.07. The van der Waals surface area contributed by atoms with Crippen LogP contribution in [0.1, 0.15) is 12.8 Å². The molecule has 0 aliphatic rings. The fraction of sp³-hybridized carbons (Fsp3) is 0.600. The van der Waals surface area contributed by atoms with Crippen LogP contribution in [0.2, 0.25) is 0 Å². The second-order valence-electron chi connectivity index (χ2n) is 2.37. The molecule has 11 heteroatoms. The minimum atomic E-state index is -4.64. The van der Waals surface area contributed by atoms with Crippen LogP contribution < -0.4 is 40.4 Å². The van der Waals surface area contributed by atoms with Gasteiger partial charge in [-0.15, -0.1) is 0 Å². The van der Waals surface area contributed by atoms with Gasteiger partial charge in [-0.25, -0.2) is 4.57 Å². The molecule has 0 aromatic heterocycles. The fourth-order valence-electron chi connectivity index (χ4n) is 0.397. The van der Waals surface area contributed by atoms with Crippen molar-refractivity contribution >= 4 is 19.8 Å². The maximum absolute atomic E-state index is 9.88. The second kappa shape index (κ2) is 10.2. The first kappa shape index (κ1) is 21.3. The molecule has 6 N–H and O–H groups in total. The molecule has 0 spiro atoms. The van der Waals surface area contributed by atoms with Crippen LogP contribution in [0.25, 0.3) is 0 Å². The minimum absolute atomic E-state index is 0. The van der Waals surface area contributed by atoms with Crippen molar-refractivity contribution in [2.45, 2.75) is 18.9 Å². The van der Waals surface area contributed by atoms with E-state index in [0.29, 0.717) is 0 Å². The van der Waals surface area contributed by atoms with Gasteiger partial charge in [-0.2, -0.15) is 0 Å². The van der Waals surface area contributed by atoms with Gasteiger partial charge in [0, 0.05) is 12.5 Å². The number of aliphatic carboxylic acids is 2. The van der Waals surface area contributed by atoms with Crippen molar-refractivity contribution in [3.8, 4) is 0 Å². The van der Waals surface area contributed by atoms with Gasteiger partial charge < -0.3 is 35.4 Å². The maximum Gasteiger partial charge on any atom is 1.00 e. The Hall–Kier alpha value is 0.01000. The van der Waals surface area contributed by atoms with Crippen LogP contribution in [-0.2, 0) is 14.2 Å². The van der Waals surface area contributed by atoms with Gasteiger partial charge in [0.2, 0.25) is 0 Å². The first-order valence-electron chi connectivity index (χ1n) is 3.50. The molecule has 0 amide bonds. The molecule has 0 heterocycles. The van der Waals surface area contributed by atoms with Crippen LogP contribution in [0, 0.1) is 0 Å². The molecule has 1 unspecified atom stereocenters. The zero-order chi connectivity index (χ0) is 12.6.